The van der Waals surface area contributed by atoms with E-state index in [1.54, 1.807) is 23.0 Å². The van der Waals surface area contributed by atoms with Gasteiger partial charge < -0.3 is 20.3 Å². The average Bonchev–Trinajstić information content (AvgIpc) is 3.65. The molecule has 4 fully saturated rings. The molecule has 11 nitrogen and oxygen atoms in total. The lowest BCUT2D eigenvalue weighted by Crippen LogP contribution is -2.50. The van der Waals surface area contributed by atoms with Crippen LogP contribution in [0.15, 0.2) is 43.0 Å². The highest BCUT2D eigenvalue weighted by Crippen LogP contribution is 2.35. The zero-order valence-electron chi connectivity index (χ0n) is 24.3. The van der Waals surface area contributed by atoms with Gasteiger partial charge in [0.05, 0.1) is 46.8 Å². The Balaban J connectivity index is 1.02. The summed E-state index contributed by atoms with van der Waals surface area (Å²) in [5, 5.41) is 10.4. The quantitative estimate of drug-likeness (QED) is 0.313. The summed E-state index contributed by atoms with van der Waals surface area (Å²) in [7, 11) is 0. The Morgan fingerprint density at radius 2 is 1.91 bits per heavy atom. The van der Waals surface area contributed by atoms with Crippen molar-refractivity contribution in [1.29, 1.82) is 0 Å². The molecule has 0 radical (unpaired) electrons. The average molecular weight is 601 g/mol. The first-order chi connectivity index (χ1) is 21.0. The molecule has 0 unspecified atom stereocenters. The lowest BCUT2D eigenvalue weighted by Gasteiger charge is -2.45. The molecule has 43 heavy (non-hydrogen) atoms. The molecule has 0 atom stereocenters. The summed E-state index contributed by atoms with van der Waals surface area (Å²) in [5.41, 5.74) is 3.05. The number of aromatic nitrogens is 4. The molecule has 2 amide bonds. The molecule has 7 heterocycles. The second kappa shape index (κ2) is 12.0. The molecule has 3 saturated heterocycles. The minimum atomic E-state index is -0.297. The van der Waals surface area contributed by atoms with Crippen molar-refractivity contribution in [3.8, 4) is 10.4 Å². The molecule has 4 aliphatic rings. The number of hydrogen-bond donors (Lipinski definition) is 2. The largest absolute Gasteiger partial charge is 0.378 e. The third kappa shape index (κ3) is 5.86. The number of thiazole rings is 1. The van der Waals surface area contributed by atoms with Crippen molar-refractivity contribution in [2.75, 3.05) is 56.2 Å². The van der Waals surface area contributed by atoms with Gasteiger partial charge in [-0.05, 0) is 62.3 Å². The smallest absolute Gasteiger partial charge is 0.260 e. The van der Waals surface area contributed by atoms with Gasteiger partial charge in [-0.25, -0.2) is 9.50 Å². The van der Waals surface area contributed by atoms with Crippen molar-refractivity contribution in [1.82, 2.24) is 29.8 Å². The Hall–Kier alpha value is -3.87. The molecule has 12 heteroatoms. The van der Waals surface area contributed by atoms with Crippen LogP contribution in [-0.4, -0.2) is 88.3 Å². The number of fused-ring (bicyclic) bond motifs is 4. The van der Waals surface area contributed by atoms with Gasteiger partial charge in [0.15, 0.2) is 0 Å². The number of pyridine rings is 2. The molecule has 1 aliphatic carbocycles. The SMILES string of the molecule is Cc1ncc(C(=O)NCCN2CC3CCC2CC3)cc1NC(=O)c1cnn2cc(-c3ccnc(N4CCOCC4)c3)sc12. The third-order valence-electron chi connectivity index (χ3n) is 8.91. The van der Waals surface area contributed by atoms with Gasteiger partial charge in [-0.15, -0.1) is 11.3 Å². The van der Waals surface area contributed by atoms with Crippen molar-refractivity contribution < 1.29 is 14.3 Å². The van der Waals surface area contributed by atoms with Crippen LogP contribution in [0.2, 0.25) is 0 Å². The van der Waals surface area contributed by atoms with E-state index < -0.39 is 0 Å². The van der Waals surface area contributed by atoms with Crippen LogP contribution < -0.4 is 15.5 Å². The molecule has 2 N–H and O–H groups in total. The van der Waals surface area contributed by atoms with Gasteiger partial charge in [0.25, 0.3) is 11.8 Å². The zero-order valence-corrected chi connectivity index (χ0v) is 25.1. The van der Waals surface area contributed by atoms with Crippen molar-refractivity contribution in [2.24, 2.45) is 5.92 Å². The van der Waals surface area contributed by atoms with E-state index in [2.05, 4.69) is 41.6 Å². The molecule has 4 aromatic heterocycles. The van der Waals surface area contributed by atoms with Crippen molar-refractivity contribution in [3.63, 3.8) is 0 Å². The number of aryl methyl sites for hydroxylation is 1. The standard InChI is InChI=1S/C31H36N8O3S/c1-20-26(14-23(16-34-20)29(40)33-8-9-38-18-21-2-4-24(38)5-3-21)36-30(41)25-17-35-39-19-27(43-31(25)39)22-6-7-32-28(15-22)37-10-12-42-13-11-37/h6-7,14-17,19,21,24H,2-5,8-13,18H2,1H3,(H,33,40)(H,36,41). The number of nitrogens with one attached hydrogen (secondary N) is 2. The molecule has 0 spiro atoms. The Kier molecular flexibility index (Phi) is 7.81. The number of carbonyl (C=O) groups is 2. The van der Waals surface area contributed by atoms with Gasteiger partial charge in [-0.3, -0.25) is 19.5 Å². The second-order valence-electron chi connectivity index (χ2n) is 11.6. The van der Waals surface area contributed by atoms with Crippen LogP contribution in [0.1, 0.15) is 52.1 Å². The van der Waals surface area contributed by atoms with Gasteiger partial charge in [-0.1, -0.05) is 0 Å². The fraction of sp³-hybridized carbons (Fsp3) is 0.452. The molecule has 224 valence electrons. The summed E-state index contributed by atoms with van der Waals surface area (Å²) in [4.78, 5) is 41.8. The van der Waals surface area contributed by atoms with Crippen LogP contribution >= 0.6 is 11.3 Å². The van der Waals surface area contributed by atoms with Crippen LogP contribution in [0.25, 0.3) is 15.3 Å². The van der Waals surface area contributed by atoms with E-state index in [1.807, 2.05) is 25.4 Å². The molecule has 4 aromatic rings. The lowest BCUT2D eigenvalue weighted by atomic mass is 9.80. The zero-order chi connectivity index (χ0) is 29.3. The van der Waals surface area contributed by atoms with E-state index in [1.165, 1.54) is 37.0 Å². The summed E-state index contributed by atoms with van der Waals surface area (Å²) >= 11 is 1.50. The Bertz CT molecular complexity index is 1640. The summed E-state index contributed by atoms with van der Waals surface area (Å²) in [6.07, 6.45) is 12.1. The number of hydrogen-bond acceptors (Lipinski definition) is 9. The number of anilines is 2. The van der Waals surface area contributed by atoms with E-state index in [-0.39, 0.29) is 11.8 Å². The molecular formula is C31H36N8O3S. The number of ether oxygens (including phenoxy) is 1. The highest BCUT2D eigenvalue weighted by Gasteiger charge is 2.33. The van der Waals surface area contributed by atoms with E-state index in [9.17, 15) is 9.59 Å². The number of rotatable bonds is 8. The van der Waals surface area contributed by atoms with Crippen LogP contribution in [0.3, 0.4) is 0 Å². The van der Waals surface area contributed by atoms with Gasteiger partial charge in [0.1, 0.15) is 10.6 Å². The monoisotopic (exact) mass is 600 g/mol. The number of morpholine rings is 1. The highest BCUT2D eigenvalue weighted by atomic mass is 32.1. The summed E-state index contributed by atoms with van der Waals surface area (Å²) in [6.45, 7) is 7.43. The lowest BCUT2D eigenvalue weighted by molar-refractivity contribution is 0.0494. The Labute approximate surface area is 254 Å². The molecule has 8 rings (SSSR count). The first kappa shape index (κ1) is 27.9. The summed E-state index contributed by atoms with van der Waals surface area (Å²) < 4.78 is 7.20. The first-order valence-electron chi connectivity index (χ1n) is 15.1. The van der Waals surface area contributed by atoms with E-state index in [4.69, 9.17) is 4.74 Å². The van der Waals surface area contributed by atoms with Gasteiger partial charge in [0.2, 0.25) is 0 Å². The van der Waals surface area contributed by atoms with Crippen molar-refractivity contribution in [3.05, 3.63) is 59.8 Å². The van der Waals surface area contributed by atoms with E-state index in [0.29, 0.717) is 48.3 Å². The number of amides is 2. The van der Waals surface area contributed by atoms with E-state index >= 15 is 0 Å². The summed E-state index contributed by atoms with van der Waals surface area (Å²) in [5.74, 6) is 1.25. The van der Waals surface area contributed by atoms with E-state index in [0.717, 1.165) is 53.2 Å². The normalized spacial score (nSPS) is 20.4. The van der Waals surface area contributed by atoms with Crippen LogP contribution in [0.4, 0.5) is 11.5 Å². The van der Waals surface area contributed by atoms with Crippen molar-refractivity contribution in [2.45, 2.75) is 38.6 Å². The number of piperidine rings is 2. The van der Waals surface area contributed by atoms with Crippen LogP contribution in [0, 0.1) is 12.8 Å². The maximum Gasteiger partial charge on any atom is 0.260 e. The second-order valence-corrected chi connectivity index (χ2v) is 12.7. The fourth-order valence-electron chi connectivity index (χ4n) is 6.45. The molecule has 0 aromatic carbocycles. The molecule has 1 saturated carbocycles. The first-order valence-corrected chi connectivity index (χ1v) is 15.9. The Morgan fingerprint density at radius 1 is 1.07 bits per heavy atom. The minimum absolute atomic E-state index is 0.185. The molecule has 2 bridgehead atoms. The minimum Gasteiger partial charge on any atom is -0.378 e. The van der Waals surface area contributed by atoms with Crippen LogP contribution in [-0.2, 0) is 4.74 Å². The van der Waals surface area contributed by atoms with Crippen molar-refractivity contribution >= 4 is 39.5 Å². The fourth-order valence-corrected chi connectivity index (χ4v) is 7.50. The maximum atomic E-state index is 13.4. The predicted molar refractivity (Wildman–Crippen MR) is 166 cm³/mol. The summed E-state index contributed by atoms with van der Waals surface area (Å²) in [6, 6.07) is 6.40. The Morgan fingerprint density at radius 3 is 2.70 bits per heavy atom. The molecule has 3 aliphatic heterocycles. The number of nitrogens with zero attached hydrogens (tertiary/aromatic N) is 6. The van der Waals surface area contributed by atoms with Crippen LogP contribution in [0.5, 0.6) is 0 Å². The number of carbonyl (C=O) groups excluding carboxylic acids is 2. The van der Waals surface area contributed by atoms with Gasteiger partial charge >= 0.3 is 0 Å². The third-order valence-corrected chi connectivity index (χ3v) is 10.1. The highest BCUT2D eigenvalue weighted by molar-refractivity contribution is 7.21. The molecular weight excluding hydrogens is 564 g/mol. The van der Waals surface area contributed by atoms with Gasteiger partial charge in [0, 0.05) is 57.4 Å². The topological polar surface area (TPSA) is 117 Å². The maximum absolute atomic E-state index is 13.4. The van der Waals surface area contributed by atoms with Gasteiger partial charge in [-0.2, -0.15) is 5.10 Å². The predicted octanol–water partition coefficient (Wildman–Crippen LogP) is 3.85.